The van der Waals surface area contributed by atoms with Gasteiger partial charge in [-0.25, -0.2) is 9.48 Å². The number of thiophene rings is 1. The number of nitrogens with zero attached hydrogens (tertiary/aromatic N) is 3. The number of aromatic nitrogens is 3. The van der Waals surface area contributed by atoms with Gasteiger partial charge in [0.1, 0.15) is 0 Å². The van der Waals surface area contributed by atoms with Crippen molar-refractivity contribution < 1.29 is 9.90 Å². The first kappa shape index (κ1) is 8.89. The smallest absolute Gasteiger partial charge is 0.358 e. The molecule has 0 radical (unpaired) electrons. The Balaban J connectivity index is 2.14. The number of aromatic carboxylic acids is 1. The molecule has 0 aromatic carbocycles. The van der Waals surface area contributed by atoms with Crippen molar-refractivity contribution in [3.05, 3.63) is 34.3 Å². The molecule has 6 heteroatoms. The first-order chi connectivity index (χ1) is 6.75. The molecule has 0 saturated heterocycles. The molecular weight excluding hydrogens is 202 g/mol. The van der Waals surface area contributed by atoms with Crippen LogP contribution in [0.3, 0.4) is 0 Å². The SMILES string of the molecule is O=C(O)c1cn(Cc2cccs2)nn1. The molecule has 0 bridgehead atoms. The lowest BCUT2D eigenvalue weighted by atomic mass is 10.4. The van der Waals surface area contributed by atoms with Crippen molar-refractivity contribution in [3.63, 3.8) is 0 Å². The molecule has 2 heterocycles. The minimum Gasteiger partial charge on any atom is -0.476 e. The first-order valence-corrected chi connectivity index (χ1v) is 4.79. The van der Waals surface area contributed by atoms with Gasteiger partial charge in [-0.1, -0.05) is 11.3 Å². The van der Waals surface area contributed by atoms with Crippen LogP contribution in [-0.4, -0.2) is 26.1 Å². The summed E-state index contributed by atoms with van der Waals surface area (Å²) in [5.74, 6) is -1.05. The minimum atomic E-state index is -1.05. The van der Waals surface area contributed by atoms with Gasteiger partial charge >= 0.3 is 5.97 Å². The van der Waals surface area contributed by atoms with Crippen LogP contribution < -0.4 is 0 Å². The monoisotopic (exact) mass is 209 g/mol. The zero-order valence-corrected chi connectivity index (χ0v) is 7.94. The molecule has 0 fully saturated rings. The van der Waals surface area contributed by atoms with Crippen LogP contribution in [0, 0.1) is 0 Å². The van der Waals surface area contributed by atoms with Gasteiger partial charge in [-0.05, 0) is 11.4 Å². The maximum absolute atomic E-state index is 10.5. The Labute approximate surface area is 83.6 Å². The zero-order chi connectivity index (χ0) is 9.97. The summed E-state index contributed by atoms with van der Waals surface area (Å²) in [4.78, 5) is 11.6. The van der Waals surface area contributed by atoms with E-state index in [1.54, 1.807) is 11.3 Å². The highest BCUT2D eigenvalue weighted by Crippen LogP contribution is 2.09. The number of rotatable bonds is 3. The van der Waals surface area contributed by atoms with E-state index in [-0.39, 0.29) is 5.69 Å². The van der Waals surface area contributed by atoms with Crippen LogP contribution in [0.25, 0.3) is 0 Å². The highest BCUT2D eigenvalue weighted by atomic mass is 32.1. The van der Waals surface area contributed by atoms with E-state index in [4.69, 9.17) is 5.11 Å². The first-order valence-electron chi connectivity index (χ1n) is 3.91. The summed E-state index contributed by atoms with van der Waals surface area (Å²) in [5, 5.41) is 17.8. The summed E-state index contributed by atoms with van der Waals surface area (Å²) in [7, 11) is 0. The lowest BCUT2D eigenvalue weighted by molar-refractivity contribution is 0.0690. The second-order valence-electron chi connectivity index (χ2n) is 2.69. The maximum atomic E-state index is 10.5. The summed E-state index contributed by atoms with van der Waals surface area (Å²) in [6.45, 7) is 0.567. The Morgan fingerprint density at radius 3 is 3.07 bits per heavy atom. The second kappa shape index (κ2) is 3.59. The molecule has 0 atom stereocenters. The van der Waals surface area contributed by atoms with E-state index in [2.05, 4.69) is 10.3 Å². The standard InChI is InChI=1S/C8H7N3O2S/c12-8(13)7-5-11(10-9-7)4-6-2-1-3-14-6/h1-3,5H,4H2,(H,12,13). The van der Waals surface area contributed by atoms with Crippen LogP contribution in [0.4, 0.5) is 0 Å². The van der Waals surface area contributed by atoms with Gasteiger partial charge in [-0.3, -0.25) is 0 Å². The summed E-state index contributed by atoms with van der Waals surface area (Å²) in [5.41, 5.74) is -0.0263. The Morgan fingerprint density at radius 1 is 1.64 bits per heavy atom. The van der Waals surface area contributed by atoms with Gasteiger partial charge in [0.15, 0.2) is 5.69 Å². The molecule has 0 aliphatic rings. The van der Waals surface area contributed by atoms with Gasteiger partial charge in [-0.2, -0.15) is 0 Å². The lowest BCUT2D eigenvalue weighted by Gasteiger charge is -1.94. The summed E-state index contributed by atoms with van der Waals surface area (Å²) in [6.07, 6.45) is 1.42. The van der Waals surface area contributed by atoms with Gasteiger partial charge in [0.2, 0.25) is 0 Å². The Bertz CT molecular complexity index is 435. The highest BCUT2D eigenvalue weighted by Gasteiger charge is 2.08. The summed E-state index contributed by atoms with van der Waals surface area (Å²) < 4.78 is 1.51. The van der Waals surface area contributed by atoms with Crippen molar-refractivity contribution in [2.75, 3.05) is 0 Å². The van der Waals surface area contributed by atoms with E-state index in [0.717, 1.165) is 4.88 Å². The quantitative estimate of drug-likeness (QED) is 0.821. The Hall–Kier alpha value is -1.69. The molecule has 72 valence electrons. The summed E-state index contributed by atoms with van der Waals surface area (Å²) in [6, 6.07) is 3.90. The molecule has 0 saturated carbocycles. The van der Waals surface area contributed by atoms with E-state index in [9.17, 15) is 4.79 Å². The molecule has 2 rings (SSSR count). The Morgan fingerprint density at radius 2 is 2.50 bits per heavy atom. The third-order valence-electron chi connectivity index (χ3n) is 1.66. The van der Waals surface area contributed by atoms with Crippen LogP contribution in [-0.2, 0) is 6.54 Å². The van der Waals surface area contributed by atoms with Crippen LogP contribution in [0.5, 0.6) is 0 Å². The van der Waals surface area contributed by atoms with Crippen molar-refractivity contribution >= 4 is 17.3 Å². The van der Waals surface area contributed by atoms with E-state index in [1.165, 1.54) is 10.9 Å². The molecule has 0 amide bonds. The largest absolute Gasteiger partial charge is 0.476 e. The van der Waals surface area contributed by atoms with E-state index >= 15 is 0 Å². The van der Waals surface area contributed by atoms with Crippen molar-refractivity contribution in [2.24, 2.45) is 0 Å². The third-order valence-corrected chi connectivity index (χ3v) is 2.52. The minimum absolute atomic E-state index is 0.0263. The average molecular weight is 209 g/mol. The van der Waals surface area contributed by atoms with Crippen molar-refractivity contribution in [1.29, 1.82) is 0 Å². The number of hydrogen-bond donors (Lipinski definition) is 1. The Kier molecular flexibility index (Phi) is 2.28. The molecule has 14 heavy (non-hydrogen) atoms. The van der Waals surface area contributed by atoms with Crippen molar-refractivity contribution in [3.8, 4) is 0 Å². The predicted octanol–water partition coefficient (Wildman–Crippen LogP) is 1.09. The molecule has 2 aromatic rings. The number of carbonyl (C=O) groups is 1. The summed E-state index contributed by atoms with van der Waals surface area (Å²) >= 11 is 1.60. The number of carboxylic acids is 1. The fourth-order valence-electron chi connectivity index (χ4n) is 1.04. The fraction of sp³-hybridized carbons (Fsp3) is 0.125. The maximum Gasteiger partial charge on any atom is 0.358 e. The average Bonchev–Trinajstić information content (AvgIpc) is 2.75. The third kappa shape index (κ3) is 1.80. The molecule has 1 N–H and O–H groups in total. The second-order valence-corrected chi connectivity index (χ2v) is 3.72. The van der Waals surface area contributed by atoms with Gasteiger partial charge in [-0.15, -0.1) is 16.4 Å². The van der Waals surface area contributed by atoms with Gasteiger partial charge in [0.05, 0.1) is 12.7 Å². The molecule has 0 unspecified atom stereocenters. The number of carboxylic acid groups (broad SMARTS) is 1. The van der Waals surface area contributed by atoms with Crippen LogP contribution in [0.2, 0.25) is 0 Å². The molecule has 0 aliphatic heterocycles. The van der Waals surface area contributed by atoms with Crippen LogP contribution >= 0.6 is 11.3 Å². The zero-order valence-electron chi connectivity index (χ0n) is 7.12. The normalized spacial score (nSPS) is 10.3. The molecular formula is C8H7N3O2S. The molecule has 0 aliphatic carbocycles. The van der Waals surface area contributed by atoms with Crippen LogP contribution in [0.1, 0.15) is 15.4 Å². The number of hydrogen-bond acceptors (Lipinski definition) is 4. The predicted molar refractivity (Wildman–Crippen MR) is 50.4 cm³/mol. The lowest BCUT2D eigenvalue weighted by Crippen LogP contribution is -1.98. The van der Waals surface area contributed by atoms with E-state index in [0.29, 0.717) is 6.54 Å². The highest BCUT2D eigenvalue weighted by molar-refractivity contribution is 7.09. The topological polar surface area (TPSA) is 68.0 Å². The van der Waals surface area contributed by atoms with Crippen molar-refractivity contribution in [2.45, 2.75) is 6.54 Å². The van der Waals surface area contributed by atoms with E-state index in [1.807, 2.05) is 17.5 Å². The van der Waals surface area contributed by atoms with Gasteiger partial charge in [0, 0.05) is 4.88 Å². The fourth-order valence-corrected chi connectivity index (χ4v) is 1.73. The van der Waals surface area contributed by atoms with Crippen LogP contribution in [0.15, 0.2) is 23.7 Å². The van der Waals surface area contributed by atoms with E-state index < -0.39 is 5.97 Å². The molecule has 2 aromatic heterocycles. The molecule has 0 spiro atoms. The van der Waals surface area contributed by atoms with Gasteiger partial charge in [0.25, 0.3) is 0 Å². The molecule has 5 nitrogen and oxygen atoms in total. The van der Waals surface area contributed by atoms with Gasteiger partial charge < -0.3 is 5.11 Å². The van der Waals surface area contributed by atoms with Crippen molar-refractivity contribution in [1.82, 2.24) is 15.0 Å².